The third-order valence-electron chi connectivity index (χ3n) is 6.25. The number of benzene rings is 2. The molecule has 2 aromatic carbocycles. The number of carbonyl (C=O) groups is 3. The van der Waals surface area contributed by atoms with Crippen LogP contribution in [0.25, 0.3) is 0 Å². The standard InChI is InChI=1S/C22H19NO3/c24-17-12-16-14-8-4-5-9-15(14)18(17)20-19(16)21(25)23(22(20)26)11-10-13-6-2-1-3-7-13/h1-9,16,18-20H,10-12H2/t16-,18+,19-,20-/m1/s1. The van der Waals surface area contributed by atoms with Gasteiger partial charge in [0.2, 0.25) is 11.8 Å². The smallest absolute Gasteiger partial charge is 0.234 e. The Morgan fingerprint density at radius 2 is 1.46 bits per heavy atom. The molecule has 0 N–H and O–H groups in total. The molecule has 1 saturated carbocycles. The van der Waals surface area contributed by atoms with Crippen molar-refractivity contribution in [1.82, 2.24) is 4.90 Å². The van der Waals surface area contributed by atoms with Gasteiger partial charge in [0.25, 0.3) is 0 Å². The number of ketones is 1. The molecule has 1 aliphatic heterocycles. The first-order valence-corrected chi connectivity index (χ1v) is 9.17. The monoisotopic (exact) mass is 345 g/mol. The van der Waals surface area contributed by atoms with Gasteiger partial charge >= 0.3 is 0 Å². The molecule has 0 spiro atoms. The van der Waals surface area contributed by atoms with Crippen molar-refractivity contribution in [3.63, 3.8) is 0 Å². The summed E-state index contributed by atoms with van der Waals surface area (Å²) in [5, 5.41) is 0. The van der Waals surface area contributed by atoms with E-state index in [1.165, 1.54) is 4.90 Å². The third kappa shape index (κ3) is 2.05. The molecule has 26 heavy (non-hydrogen) atoms. The Balaban J connectivity index is 1.48. The first kappa shape index (κ1) is 15.5. The van der Waals surface area contributed by atoms with E-state index in [1.807, 2.05) is 54.6 Å². The third-order valence-corrected chi connectivity index (χ3v) is 6.25. The van der Waals surface area contributed by atoms with Crippen LogP contribution in [0.5, 0.6) is 0 Å². The van der Waals surface area contributed by atoms with Crippen molar-refractivity contribution in [3.8, 4) is 0 Å². The molecule has 0 unspecified atom stereocenters. The number of likely N-dealkylation sites (tertiary alicyclic amines) is 1. The lowest BCUT2D eigenvalue weighted by molar-refractivity contribution is -0.140. The predicted octanol–water partition coefficient (Wildman–Crippen LogP) is 2.68. The second-order valence-corrected chi connectivity index (χ2v) is 7.50. The number of Topliss-reactive ketones (excluding diaryl/α,β-unsaturated/α-hetero) is 1. The summed E-state index contributed by atoms with van der Waals surface area (Å²) in [6, 6.07) is 17.7. The molecule has 2 bridgehead atoms. The quantitative estimate of drug-likeness (QED) is 0.804. The molecule has 0 aromatic heterocycles. The van der Waals surface area contributed by atoms with Crippen LogP contribution in [-0.2, 0) is 20.8 Å². The summed E-state index contributed by atoms with van der Waals surface area (Å²) in [7, 11) is 0. The van der Waals surface area contributed by atoms with E-state index in [0.717, 1.165) is 16.7 Å². The summed E-state index contributed by atoms with van der Waals surface area (Å²) in [5.74, 6) is -1.59. The van der Waals surface area contributed by atoms with Gasteiger partial charge in [-0.3, -0.25) is 19.3 Å². The molecule has 4 heteroatoms. The first-order chi connectivity index (χ1) is 12.7. The zero-order valence-corrected chi connectivity index (χ0v) is 14.3. The van der Waals surface area contributed by atoms with E-state index in [2.05, 4.69) is 0 Å². The van der Waals surface area contributed by atoms with Crippen molar-refractivity contribution in [2.45, 2.75) is 24.7 Å². The normalized spacial score (nSPS) is 29.1. The number of fused-ring (bicyclic) bond motifs is 1. The van der Waals surface area contributed by atoms with Gasteiger partial charge in [-0.1, -0.05) is 54.6 Å². The molecule has 4 aliphatic rings. The topological polar surface area (TPSA) is 54.5 Å². The molecular formula is C22H19NO3. The minimum Gasteiger partial charge on any atom is -0.299 e. The van der Waals surface area contributed by atoms with Gasteiger partial charge in [-0.25, -0.2) is 0 Å². The second kappa shape index (κ2) is 5.63. The Kier molecular flexibility index (Phi) is 3.36. The number of nitrogens with zero attached hydrogens (tertiary/aromatic N) is 1. The summed E-state index contributed by atoms with van der Waals surface area (Å²) in [4.78, 5) is 40.2. The number of carbonyl (C=O) groups excluding carboxylic acids is 3. The largest absolute Gasteiger partial charge is 0.299 e. The summed E-state index contributed by atoms with van der Waals surface area (Å²) < 4.78 is 0. The Hall–Kier alpha value is -2.75. The SMILES string of the molecule is O=C1C[C@@H]2c3ccccc3[C@@H]1[C@H]1C(=O)N(CCc3ccccc3)C(=O)[C@@H]12. The van der Waals surface area contributed by atoms with E-state index in [0.29, 0.717) is 19.4 Å². The molecule has 1 heterocycles. The summed E-state index contributed by atoms with van der Waals surface area (Å²) in [5.41, 5.74) is 3.15. The Morgan fingerprint density at radius 1 is 0.808 bits per heavy atom. The van der Waals surface area contributed by atoms with Gasteiger partial charge in [0.15, 0.2) is 0 Å². The van der Waals surface area contributed by atoms with Crippen molar-refractivity contribution in [3.05, 3.63) is 71.3 Å². The minimum atomic E-state index is -0.501. The zero-order chi connectivity index (χ0) is 17.8. The lowest BCUT2D eigenvalue weighted by Crippen LogP contribution is -2.44. The molecule has 3 aliphatic carbocycles. The van der Waals surface area contributed by atoms with E-state index in [-0.39, 0.29) is 29.4 Å². The summed E-state index contributed by atoms with van der Waals surface area (Å²) in [6.45, 7) is 0.388. The Bertz CT molecular complexity index is 920. The highest BCUT2D eigenvalue weighted by molar-refractivity contribution is 6.11. The number of hydrogen-bond donors (Lipinski definition) is 0. The number of imide groups is 1. The second-order valence-electron chi connectivity index (χ2n) is 7.50. The number of hydrogen-bond acceptors (Lipinski definition) is 3. The van der Waals surface area contributed by atoms with Crippen LogP contribution in [0.15, 0.2) is 54.6 Å². The molecule has 1 saturated heterocycles. The molecule has 130 valence electrons. The maximum Gasteiger partial charge on any atom is 0.234 e. The van der Waals surface area contributed by atoms with Gasteiger partial charge in [-0.15, -0.1) is 0 Å². The van der Waals surface area contributed by atoms with Crippen molar-refractivity contribution < 1.29 is 14.4 Å². The highest BCUT2D eigenvalue weighted by Crippen LogP contribution is 2.57. The van der Waals surface area contributed by atoms with Crippen molar-refractivity contribution in [1.29, 1.82) is 0 Å². The average molecular weight is 345 g/mol. The van der Waals surface area contributed by atoms with Crippen molar-refractivity contribution in [2.24, 2.45) is 11.8 Å². The number of rotatable bonds is 3. The first-order valence-electron chi connectivity index (χ1n) is 9.17. The van der Waals surface area contributed by atoms with Crippen LogP contribution in [-0.4, -0.2) is 29.0 Å². The van der Waals surface area contributed by atoms with Crippen LogP contribution in [0.2, 0.25) is 0 Å². The van der Waals surface area contributed by atoms with E-state index in [9.17, 15) is 14.4 Å². The molecule has 6 rings (SSSR count). The predicted molar refractivity (Wildman–Crippen MR) is 95.4 cm³/mol. The molecule has 0 radical (unpaired) electrons. The van der Waals surface area contributed by atoms with Crippen molar-refractivity contribution in [2.75, 3.05) is 6.54 Å². The van der Waals surface area contributed by atoms with Crippen LogP contribution in [0, 0.1) is 11.8 Å². The lowest BCUT2D eigenvalue weighted by Gasteiger charge is -2.43. The highest BCUT2D eigenvalue weighted by atomic mass is 16.2. The molecule has 4 atom stereocenters. The summed E-state index contributed by atoms with van der Waals surface area (Å²) in [6.07, 6.45) is 1.03. The molecule has 2 aromatic rings. The fraction of sp³-hybridized carbons (Fsp3) is 0.318. The fourth-order valence-corrected chi connectivity index (χ4v) is 5.13. The van der Waals surface area contributed by atoms with Gasteiger partial charge in [0, 0.05) is 18.9 Å². The average Bonchev–Trinajstić information content (AvgIpc) is 2.93. The van der Waals surface area contributed by atoms with Crippen LogP contribution < -0.4 is 0 Å². The molecule has 2 fully saturated rings. The molecular weight excluding hydrogens is 326 g/mol. The lowest BCUT2D eigenvalue weighted by atomic mass is 9.56. The van der Waals surface area contributed by atoms with E-state index < -0.39 is 11.8 Å². The molecule has 4 nitrogen and oxygen atoms in total. The molecule has 2 amide bonds. The van der Waals surface area contributed by atoms with Crippen LogP contribution in [0.1, 0.15) is 34.9 Å². The van der Waals surface area contributed by atoms with Gasteiger partial charge < -0.3 is 0 Å². The fourth-order valence-electron chi connectivity index (χ4n) is 5.13. The van der Waals surface area contributed by atoms with E-state index >= 15 is 0 Å². The maximum absolute atomic E-state index is 13.1. The van der Waals surface area contributed by atoms with Gasteiger partial charge in [0.05, 0.1) is 17.8 Å². The van der Waals surface area contributed by atoms with Gasteiger partial charge in [-0.2, -0.15) is 0 Å². The van der Waals surface area contributed by atoms with Crippen LogP contribution in [0.4, 0.5) is 0 Å². The summed E-state index contributed by atoms with van der Waals surface area (Å²) >= 11 is 0. The van der Waals surface area contributed by atoms with E-state index in [1.54, 1.807) is 0 Å². The highest BCUT2D eigenvalue weighted by Gasteiger charge is 2.62. The Labute approximate surface area is 151 Å². The van der Waals surface area contributed by atoms with Gasteiger partial charge in [-0.05, 0) is 23.1 Å². The van der Waals surface area contributed by atoms with E-state index in [4.69, 9.17) is 0 Å². The zero-order valence-electron chi connectivity index (χ0n) is 14.3. The van der Waals surface area contributed by atoms with Crippen LogP contribution in [0.3, 0.4) is 0 Å². The van der Waals surface area contributed by atoms with Gasteiger partial charge in [0.1, 0.15) is 5.78 Å². The minimum absolute atomic E-state index is 0.0899. The number of amides is 2. The maximum atomic E-state index is 13.1. The Morgan fingerprint density at radius 3 is 2.23 bits per heavy atom. The van der Waals surface area contributed by atoms with Crippen LogP contribution >= 0.6 is 0 Å². The van der Waals surface area contributed by atoms with Crippen molar-refractivity contribution >= 4 is 17.6 Å².